The second-order valence-corrected chi connectivity index (χ2v) is 6.31. The van der Waals surface area contributed by atoms with Crippen LogP contribution in [0.25, 0.3) is 4.85 Å². The number of carbonyl (C=O) groups is 1. The number of benzene rings is 1. The van der Waals surface area contributed by atoms with Gasteiger partial charge in [-0.1, -0.05) is 24.3 Å². The lowest BCUT2D eigenvalue weighted by atomic mass is 9.77. The van der Waals surface area contributed by atoms with E-state index in [-0.39, 0.29) is 12.1 Å². The van der Waals surface area contributed by atoms with Crippen LogP contribution in [-0.4, -0.2) is 12.1 Å². The lowest BCUT2D eigenvalue weighted by Gasteiger charge is -2.31. The minimum Gasteiger partial charge on any atom is -0.462 e. The number of esters is 1. The van der Waals surface area contributed by atoms with Crippen molar-refractivity contribution in [3.63, 3.8) is 0 Å². The third kappa shape index (κ3) is 3.44. The SMILES string of the molecule is [C-]#[N+]c1ccc(C2CCC(CCC3CC(=O)O3)CC2)cc1. The summed E-state index contributed by atoms with van der Waals surface area (Å²) in [4.78, 5) is 14.2. The molecule has 1 aliphatic carbocycles. The first kappa shape index (κ1) is 14.1. The Morgan fingerprint density at radius 1 is 1.10 bits per heavy atom. The van der Waals surface area contributed by atoms with Crippen LogP contribution >= 0.6 is 0 Å². The fraction of sp³-hybridized carbons (Fsp3) is 0.556. The van der Waals surface area contributed by atoms with E-state index in [1.165, 1.54) is 37.7 Å². The molecule has 0 bridgehead atoms. The number of hydrogen-bond donors (Lipinski definition) is 0. The van der Waals surface area contributed by atoms with Crippen molar-refractivity contribution in [1.82, 2.24) is 0 Å². The van der Waals surface area contributed by atoms with Crippen LogP contribution in [0.4, 0.5) is 5.69 Å². The van der Waals surface area contributed by atoms with E-state index in [1.54, 1.807) is 0 Å². The molecule has 1 unspecified atom stereocenters. The van der Waals surface area contributed by atoms with Gasteiger partial charge >= 0.3 is 5.97 Å². The Hall–Kier alpha value is -1.82. The quantitative estimate of drug-likeness (QED) is 0.597. The number of carbonyl (C=O) groups excluding carboxylic acids is 1. The van der Waals surface area contributed by atoms with Gasteiger partial charge in [-0.3, -0.25) is 4.79 Å². The molecular weight excluding hydrogens is 262 g/mol. The Morgan fingerprint density at radius 3 is 2.33 bits per heavy atom. The summed E-state index contributed by atoms with van der Waals surface area (Å²) in [5.41, 5.74) is 2.11. The molecule has 21 heavy (non-hydrogen) atoms. The topological polar surface area (TPSA) is 30.7 Å². The first-order valence-corrected chi connectivity index (χ1v) is 7.91. The molecule has 0 radical (unpaired) electrons. The summed E-state index contributed by atoms with van der Waals surface area (Å²) in [6.07, 6.45) is 8.10. The summed E-state index contributed by atoms with van der Waals surface area (Å²) in [6.45, 7) is 6.99. The normalized spacial score (nSPS) is 28.3. The van der Waals surface area contributed by atoms with Gasteiger partial charge in [0.25, 0.3) is 0 Å². The first-order chi connectivity index (χ1) is 10.2. The fourth-order valence-corrected chi connectivity index (χ4v) is 3.55. The second kappa shape index (κ2) is 6.30. The van der Waals surface area contributed by atoms with Crippen LogP contribution < -0.4 is 0 Å². The highest BCUT2D eigenvalue weighted by molar-refractivity contribution is 5.75. The number of cyclic esters (lactones) is 1. The van der Waals surface area contributed by atoms with Crippen molar-refractivity contribution in [2.45, 2.75) is 57.0 Å². The maximum absolute atomic E-state index is 10.8. The lowest BCUT2D eigenvalue weighted by Crippen LogP contribution is -2.33. The van der Waals surface area contributed by atoms with Crippen molar-refractivity contribution < 1.29 is 9.53 Å². The predicted molar refractivity (Wildman–Crippen MR) is 81.1 cm³/mol. The van der Waals surface area contributed by atoms with Crippen molar-refractivity contribution >= 4 is 11.7 Å². The van der Waals surface area contributed by atoms with E-state index in [0.717, 1.165) is 18.0 Å². The van der Waals surface area contributed by atoms with Gasteiger partial charge < -0.3 is 4.74 Å². The highest BCUT2D eigenvalue weighted by Crippen LogP contribution is 2.38. The molecule has 110 valence electrons. The van der Waals surface area contributed by atoms with Gasteiger partial charge in [0.15, 0.2) is 5.69 Å². The molecule has 3 rings (SSSR count). The monoisotopic (exact) mass is 283 g/mol. The molecule has 0 amide bonds. The molecule has 0 spiro atoms. The zero-order chi connectivity index (χ0) is 14.7. The molecular formula is C18H21NO2. The van der Waals surface area contributed by atoms with Crippen LogP contribution in [0.1, 0.15) is 56.4 Å². The largest absolute Gasteiger partial charge is 0.462 e. The maximum atomic E-state index is 10.8. The number of ether oxygens (including phenoxy) is 1. The van der Waals surface area contributed by atoms with E-state index in [9.17, 15) is 4.79 Å². The predicted octanol–water partition coefficient (Wildman–Crippen LogP) is 4.61. The van der Waals surface area contributed by atoms with Gasteiger partial charge in [0.2, 0.25) is 0 Å². The Balaban J connectivity index is 1.44. The third-order valence-corrected chi connectivity index (χ3v) is 4.93. The van der Waals surface area contributed by atoms with Crippen molar-refractivity contribution in [2.24, 2.45) is 5.92 Å². The molecule has 2 aliphatic rings. The number of nitrogens with zero attached hydrogens (tertiary/aromatic N) is 1. The van der Waals surface area contributed by atoms with Gasteiger partial charge in [-0.15, -0.1) is 0 Å². The van der Waals surface area contributed by atoms with E-state index >= 15 is 0 Å². The summed E-state index contributed by atoms with van der Waals surface area (Å²) < 4.78 is 5.08. The number of hydrogen-bond acceptors (Lipinski definition) is 2. The Labute approximate surface area is 126 Å². The van der Waals surface area contributed by atoms with E-state index in [4.69, 9.17) is 11.3 Å². The minimum absolute atomic E-state index is 0.0356. The average Bonchev–Trinajstić information content (AvgIpc) is 2.51. The van der Waals surface area contributed by atoms with Gasteiger partial charge in [0, 0.05) is 0 Å². The zero-order valence-electron chi connectivity index (χ0n) is 12.3. The summed E-state index contributed by atoms with van der Waals surface area (Å²) in [6, 6.07) is 8.09. The molecule has 2 fully saturated rings. The second-order valence-electron chi connectivity index (χ2n) is 6.31. The molecule has 1 aliphatic heterocycles. The van der Waals surface area contributed by atoms with E-state index in [1.807, 2.05) is 12.1 Å². The highest BCUT2D eigenvalue weighted by atomic mass is 16.6. The highest BCUT2D eigenvalue weighted by Gasteiger charge is 2.29. The first-order valence-electron chi connectivity index (χ1n) is 7.91. The molecule has 3 heteroatoms. The van der Waals surface area contributed by atoms with Crippen LogP contribution in [0.2, 0.25) is 0 Å². The van der Waals surface area contributed by atoms with Gasteiger partial charge in [-0.05, 0) is 55.9 Å². The van der Waals surface area contributed by atoms with Gasteiger partial charge in [-0.25, -0.2) is 4.85 Å². The zero-order valence-corrected chi connectivity index (χ0v) is 12.3. The smallest absolute Gasteiger partial charge is 0.309 e. The summed E-state index contributed by atoms with van der Waals surface area (Å²) in [7, 11) is 0. The Morgan fingerprint density at radius 2 is 1.76 bits per heavy atom. The van der Waals surface area contributed by atoms with Crippen molar-refractivity contribution in [3.05, 3.63) is 41.2 Å². The minimum atomic E-state index is -0.0356. The van der Waals surface area contributed by atoms with Crippen molar-refractivity contribution in [1.29, 1.82) is 0 Å². The maximum Gasteiger partial charge on any atom is 0.309 e. The summed E-state index contributed by atoms with van der Waals surface area (Å²) in [5, 5.41) is 0. The standard InChI is InChI=1S/C18H21NO2/c1-19-16-9-7-15(8-10-16)14-5-2-13(3-6-14)4-11-17-12-18(20)21-17/h7-10,13-14,17H,2-6,11-12H2. The van der Waals surface area contributed by atoms with Crippen LogP contribution in [-0.2, 0) is 9.53 Å². The van der Waals surface area contributed by atoms with Gasteiger partial charge in [-0.2, -0.15) is 0 Å². The number of rotatable bonds is 4. The van der Waals surface area contributed by atoms with Crippen molar-refractivity contribution in [2.75, 3.05) is 0 Å². The molecule has 1 aromatic rings. The molecule has 0 N–H and O–H groups in total. The molecule has 3 nitrogen and oxygen atoms in total. The van der Waals surface area contributed by atoms with Crippen LogP contribution in [0.3, 0.4) is 0 Å². The molecule has 0 aromatic heterocycles. The Bertz CT molecular complexity index is 527. The van der Waals surface area contributed by atoms with Crippen LogP contribution in [0.15, 0.2) is 24.3 Å². The van der Waals surface area contributed by atoms with Crippen LogP contribution in [0, 0.1) is 12.5 Å². The van der Waals surface area contributed by atoms with Crippen molar-refractivity contribution in [3.8, 4) is 0 Å². The fourth-order valence-electron chi connectivity index (χ4n) is 3.55. The summed E-state index contributed by atoms with van der Waals surface area (Å²) in [5.74, 6) is 1.41. The summed E-state index contributed by atoms with van der Waals surface area (Å²) >= 11 is 0. The van der Waals surface area contributed by atoms with E-state index < -0.39 is 0 Å². The molecule has 1 aromatic carbocycles. The molecule has 1 saturated heterocycles. The van der Waals surface area contributed by atoms with E-state index in [2.05, 4.69) is 17.0 Å². The van der Waals surface area contributed by atoms with E-state index in [0.29, 0.717) is 12.3 Å². The Kier molecular flexibility index (Phi) is 4.24. The average molecular weight is 283 g/mol. The molecule has 1 atom stereocenters. The molecule has 1 heterocycles. The molecule has 1 saturated carbocycles. The van der Waals surface area contributed by atoms with Gasteiger partial charge in [0.05, 0.1) is 13.0 Å². The third-order valence-electron chi connectivity index (χ3n) is 4.93. The van der Waals surface area contributed by atoms with Crippen LogP contribution in [0.5, 0.6) is 0 Å². The van der Waals surface area contributed by atoms with Gasteiger partial charge in [0.1, 0.15) is 6.10 Å². The lowest BCUT2D eigenvalue weighted by molar-refractivity contribution is -0.170.